The van der Waals surface area contributed by atoms with Crippen molar-refractivity contribution in [2.45, 2.75) is 33.0 Å². The van der Waals surface area contributed by atoms with Gasteiger partial charge in [0, 0.05) is 43.8 Å². The van der Waals surface area contributed by atoms with Gasteiger partial charge in [0.1, 0.15) is 5.75 Å². The van der Waals surface area contributed by atoms with Crippen LogP contribution in [0, 0.1) is 0 Å². The lowest BCUT2D eigenvalue weighted by Crippen LogP contribution is -2.23. The number of para-hydroxylation sites is 1. The third-order valence-electron chi connectivity index (χ3n) is 4.40. The molecule has 1 aromatic carbocycles. The van der Waals surface area contributed by atoms with Crippen LogP contribution in [0.1, 0.15) is 29.3 Å². The zero-order valence-electron chi connectivity index (χ0n) is 15.4. The Balaban J connectivity index is 1.80. The van der Waals surface area contributed by atoms with Gasteiger partial charge in [0.05, 0.1) is 12.8 Å². The summed E-state index contributed by atoms with van der Waals surface area (Å²) in [7, 11) is 1.72. The molecule has 0 spiro atoms. The van der Waals surface area contributed by atoms with Gasteiger partial charge in [-0.25, -0.2) is 0 Å². The zero-order chi connectivity index (χ0) is 18.2. The summed E-state index contributed by atoms with van der Waals surface area (Å²) in [6.45, 7) is 4.52. The van der Waals surface area contributed by atoms with Crippen LogP contribution in [-0.4, -0.2) is 22.0 Å². The summed E-state index contributed by atoms with van der Waals surface area (Å²) in [4.78, 5) is 11.2. The Morgan fingerprint density at radius 1 is 0.885 bits per heavy atom. The second kappa shape index (κ2) is 9.11. The molecule has 0 fully saturated rings. The smallest absolute Gasteiger partial charge is 0.123 e. The van der Waals surface area contributed by atoms with E-state index in [9.17, 15) is 0 Å². The second-order valence-electron chi connectivity index (χ2n) is 6.33. The maximum atomic E-state index is 5.52. The van der Waals surface area contributed by atoms with Gasteiger partial charge in [-0.2, -0.15) is 0 Å². The number of ether oxygens (including phenoxy) is 1. The Bertz CT molecular complexity index is 803. The average Bonchev–Trinajstić information content (AvgIpc) is 2.70. The highest BCUT2D eigenvalue weighted by Gasteiger charge is 2.12. The van der Waals surface area contributed by atoms with Crippen LogP contribution in [0.2, 0.25) is 0 Å². The topological polar surface area (TPSA) is 38.2 Å². The summed E-state index contributed by atoms with van der Waals surface area (Å²) in [6, 6.07) is 16.5. The van der Waals surface area contributed by atoms with Gasteiger partial charge in [0.25, 0.3) is 0 Å². The van der Waals surface area contributed by atoms with Crippen molar-refractivity contribution in [2.75, 3.05) is 7.11 Å². The molecule has 0 saturated heterocycles. The predicted octanol–water partition coefficient (Wildman–Crippen LogP) is 4.25. The van der Waals surface area contributed by atoms with Gasteiger partial charge in [-0.15, -0.1) is 0 Å². The summed E-state index contributed by atoms with van der Waals surface area (Å²) >= 11 is 0. The summed E-state index contributed by atoms with van der Waals surface area (Å²) in [6.07, 6.45) is 6.70. The van der Waals surface area contributed by atoms with Gasteiger partial charge >= 0.3 is 0 Å². The van der Waals surface area contributed by atoms with Crippen molar-refractivity contribution < 1.29 is 4.74 Å². The average molecular weight is 347 g/mol. The first-order valence-electron chi connectivity index (χ1n) is 8.95. The first-order valence-corrected chi connectivity index (χ1v) is 8.95. The molecular weight excluding hydrogens is 322 g/mol. The molecule has 2 aromatic heterocycles. The van der Waals surface area contributed by atoms with Gasteiger partial charge in [0.15, 0.2) is 0 Å². The molecule has 0 atom stereocenters. The molecule has 3 rings (SSSR count). The van der Waals surface area contributed by atoms with Crippen molar-refractivity contribution in [3.05, 3.63) is 89.5 Å². The van der Waals surface area contributed by atoms with E-state index in [2.05, 4.69) is 46.1 Å². The molecule has 0 radical (unpaired) electrons. The molecule has 0 saturated carbocycles. The van der Waals surface area contributed by atoms with Crippen molar-refractivity contribution in [3.8, 4) is 5.75 Å². The van der Waals surface area contributed by atoms with Gasteiger partial charge in [-0.3, -0.25) is 14.9 Å². The lowest BCUT2D eigenvalue weighted by atomic mass is 10.1. The fourth-order valence-electron chi connectivity index (χ4n) is 2.98. The SMILES string of the molecule is CCc1ccc(CN(Cc2cccnc2)Cc2ccccc2OC)nc1. The van der Waals surface area contributed by atoms with E-state index in [-0.39, 0.29) is 0 Å². The normalized spacial score (nSPS) is 10.9. The van der Waals surface area contributed by atoms with Crippen molar-refractivity contribution in [1.29, 1.82) is 0 Å². The lowest BCUT2D eigenvalue weighted by Gasteiger charge is -2.23. The van der Waals surface area contributed by atoms with Crippen LogP contribution in [0.3, 0.4) is 0 Å². The van der Waals surface area contributed by atoms with Crippen LogP contribution in [-0.2, 0) is 26.1 Å². The highest BCUT2D eigenvalue weighted by Crippen LogP contribution is 2.21. The second-order valence-corrected chi connectivity index (χ2v) is 6.33. The minimum Gasteiger partial charge on any atom is -0.496 e. The van der Waals surface area contributed by atoms with Crippen LogP contribution in [0.15, 0.2) is 67.1 Å². The quantitative estimate of drug-likeness (QED) is 0.610. The summed E-state index contributed by atoms with van der Waals surface area (Å²) in [5, 5.41) is 0. The van der Waals surface area contributed by atoms with Crippen LogP contribution < -0.4 is 4.74 Å². The number of hydrogen-bond donors (Lipinski definition) is 0. The number of aryl methyl sites for hydroxylation is 1. The number of benzene rings is 1. The molecule has 0 aliphatic rings. The van der Waals surface area contributed by atoms with Gasteiger partial charge < -0.3 is 4.74 Å². The van der Waals surface area contributed by atoms with E-state index in [0.29, 0.717) is 0 Å². The minimum atomic E-state index is 0.775. The molecule has 4 heteroatoms. The Labute approximate surface area is 155 Å². The van der Waals surface area contributed by atoms with Gasteiger partial charge in [-0.1, -0.05) is 37.3 Å². The standard InChI is InChI=1S/C22H25N3O/c1-3-18-10-11-21(24-14-18)17-25(15-19-7-6-12-23-13-19)16-20-8-4-5-9-22(20)26-2/h4-14H,3,15-17H2,1-2H3. The number of rotatable bonds is 8. The molecule has 26 heavy (non-hydrogen) atoms. The third-order valence-corrected chi connectivity index (χ3v) is 4.40. The first-order chi connectivity index (χ1) is 12.8. The van der Waals surface area contributed by atoms with E-state index in [4.69, 9.17) is 4.74 Å². The predicted molar refractivity (Wildman–Crippen MR) is 104 cm³/mol. The first kappa shape index (κ1) is 18.1. The Morgan fingerprint density at radius 2 is 1.77 bits per heavy atom. The van der Waals surface area contributed by atoms with E-state index >= 15 is 0 Å². The maximum absolute atomic E-state index is 5.52. The summed E-state index contributed by atoms with van der Waals surface area (Å²) in [5.74, 6) is 0.915. The molecule has 0 amide bonds. The van der Waals surface area contributed by atoms with E-state index in [1.807, 2.05) is 36.7 Å². The lowest BCUT2D eigenvalue weighted by molar-refractivity contribution is 0.240. The monoisotopic (exact) mass is 347 g/mol. The van der Waals surface area contributed by atoms with E-state index in [0.717, 1.165) is 37.5 Å². The van der Waals surface area contributed by atoms with Crippen molar-refractivity contribution in [1.82, 2.24) is 14.9 Å². The van der Waals surface area contributed by atoms with Crippen molar-refractivity contribution in [2.24, 2.45) is 0 Å². The summed E-state index contributed by atoms with van der Waals surface area (Å²) in [5.41, 5.74) is 4.69. The van der Waals surface area contributed by atoms with E-state index in [1.165, 1.54) is 16.7 Å². The van der Waals surface area contributed by atoms with Crippen molar-refractivity contribution in [3.63, 3.8) is 0 Å². The number of methoxy groups -OCH3 is 1. The van der Waals surface area contributed by atoms with Crippen LogP contribution in [0.5, 0.6) is 5.75 Å². The molecule has 134 valence electrons. The fraction of sp³-hybridized carbons (Fsp3) is 0.273. The molecule has 0 bridgehead atoms. The molecule has 4 nitrogen and oxygen atoms in total. The summed E-state index contributed by atoms with van der Waals surface area (Å²) < 4.78 is 5.52. The Morgan fingerprint density at radius 3 is 2.46 bits per heavy atom. The van der Waals surface area contributed by atoms with E-state index < -0.39 is 0 Å². The van der Waals surface area contributed by atoms with E-state index in [1.54, 1.807) is 13.3 Å². The minimum absolute atomic E-state index is 0.775. The molecule has 0 aliphatic carbocycles. The molecular formula is C22H25N3O. The van der Waals surface area contributed by atoms with Crippen molar-refractivity contribution >= 4 is 0 Å². The molecule has 2 heterocycles. The molecule has 0 aliphatic heterocycles. The maximum Gasteiger partial charge on any atom is 0.123 e. The third kappa shape index (κ3) is 4.90. The molecule has 0 N–H and O–H groups in total. The number of nitrogens with zero attached hydrogens (tertiary/aromatic N) is 3. The highest BCUT2D eigenvalue weighted by molar-refractivity contribution is 5.33. The number of aromatic nitrogens is 2. The van der Waals surface area contributed by atoms with Gasteiger partial charge in [0.2, 0.25) is 0 Å². The zero-order valence-corrected chi connectivity index (χ0v) is 15.4. The van der Waals surface area contributed by atoms with Crippen LogP contribution in [0.4, 0.5) is 0 Å². The van der Waals surface area contributed by atoms with Crippen LogP contribution >= 0.6 is 0 Å². The molecule has 3 aromatic rings. The molecule has 0 unspecified atom stereocenters. The number of pyridine rings is 2. The highest BCUT2D eigenvalue weighted by atomic mass is 16.5. The number of hydrogen-bond acceptors (Lipinski definition) is 4. The van der Waals surface area contributed by atoms with Crippen LogP contribution in [0.25, 0.3) is 0 Å². The Kier molecular flexibility index (Phi) is 6.34. The Hall–Kier alpha value is -2.72. The fourth-order valence-corrected chi connectivity index (χ4v) is 2.98. The largest absolute Gasteiger partial charge is 0.496 e. The van der Waals surface area contributed by atoms with Gasteiger partial charge in [-0.05, 0) is 35.7 Å².